The highest BCUT2D eigenvalue weighted by Crippen LogP contribution is 2.34. The van der Waals surface area contributed by atoms with Crippen molar-refractivity contribution in [1.82, 2.24) is 5.32 Å². The van der Waals surface area contributed by atoms with Crippen LogP contribution in [-0.4, -0.2) is 74.1 Å². The molecule has 1 saturated heterocycles. The molecule has 2 aromatic rings. The summed E-state index contributed by atoms with van der Waals surface area (Å²) in [7, 11) is 1.08. The van der Waals surface area contributed by atoms with E-state index in [9.17, 15) is 28.4 Å². The fraction of sp³-hybridized carbons (Fsp3) is 0.414. The molecule has 0 aliphatic carbocycles. The quantitative estimate of drug-likeness (QED) is 0.321. The maximum Gasteiger partial charge on any atom is 0.339 e. The van der Waals surface area contributed by atoms with Gasteiger partial charge in [0.2, 0.25) is 18.3 Å². The number of amides is 1. The predicted molar refractivity (Wildman–Crippen MR) is 142 cm³/mol. The Balaban J connectivity index is 2.06. The topological polar surface area (TPSA) is 153 Å². The van der Waals surface area contributed by atoms with Crippen molar-refractivity contribution in [2.75, 3.05) is 13.7 Å². The smallest absolute Gasteiger partial charge is 0.339 e. The van der Waals surface area contributed by atoms with Crippen LogP contribution in [0.4, 0.5) is 4.39 Å². The van der Waals surface area contributed by atoms with E-state index in [0.29, 0.717) is 24.1 Å². The van der Waals surface area contributed by atoms with Gasteiger partial charge in [-0.15, -0.1) is 0 Å². The van der Waals surface area contributed by atoms with E-state index in [0.717, 1.165) is 33.4 Å². The van der Waals surface area contributed by atoms with Gasteiger partial charge >= 0.3 is 23.9 Å². The van der Waals surface area contributed by atoms with E-state index in [1.54, 1.807) is 24.3 Å². The lowest BCUT2D eigenvalue weighted by Gasteiger charge is -2.43. The molecule has 42 heavy (non-hydrogen) atoms. The van der Waals surface area contributed by atoms with Gasteiger partial charge < -0.3 is 33.7 Å². The Morgan fingerprint density at radius 1 is 0.857 bits per heavy atom. The lowest BCUT2D eigenvalue weighted by molar-refractivity contribution is -0.282. The molecule has 1 fully saturated rings. The van der Waals surface area contributed by atoms with Crippen molar-refractivity contribution < 1.29 is 56.8 Å². The van der Waals surface area contributed by atoms with Crippen LogP contribution >= 0.6 is 0 Å². The Hall–Kier alpha value is -4.52. The molecule has 2 aromatic carbocycles. The SMILES string of the molecule is COC(=O)[C@H]1OC(Oc2ccc(CCNC(C)=O)c(-c3cccc(F)c3)c2)[C@H](OC(C)=O)[C@@H](OC(C)=O)[C@@H]1OC(C)=O. The number of benzene rings is 2. The minimum absolute atomic E-state index is 0.149. The molecule has 0 bridgehead atoms. The van der Waals surface area contributed by atoms with Crippen LogP contribution in [0.1, 0.15) is 33.3 Å². The molecule has 3 rings (SSSR count). The first kappa shape index (κ1) is 32.0. The zero-order valence-electron chi connectivity index (χ0n) is 23.7. The third-order valence-electron chi connectivity index (χ3n) is 6.07. The summed E-state index contributed by atoms with van der Waals surface area (Å²) in [6.45, 7) is 4.97. The molecule has 0 spiro atoms. The van der Waals surface area contributed by atoms with Crippen LogP contribution in [0.25, 0.3) is 11.1 Å². The van der Waals surface area contributed by atoms with Crippen molar-refractivity contribution in [1.29, 1.82) is 0 Å². The lowest BCUT2D eigenvalue weighted by Crippen LogP contribution is -2.64. The van der Waals surface area contributed by atoms with Crippen molar-refractivity contribution in [3.63, 3.8) is 0 Å². The average Bonchev–Trinajstić information content (AvgIpc) is 2.91. The Kier molecular flexibility index (Phi) is 11.0. The summed E-state index contributed by atoms with van der Waals surface area (Å²) in [4.78, 5) is 60.0. The molecule has 1 heterocycles. The molecule has 1 aliphatic rings. The molecule has 226 valence electrons. The van der Waals surface area contributed by atoms with Gasteiger partial charge in [-0.1, -0.05) is 18.2 Å². The average molecular weight is 590 g/mol. The number of ether oxygens (including phenoxy) is 6. The van der Waals surface area contributed by atoms with Crippen molar-refractivity contribution >= 4 is 29.8 Å². The molecule has 0 saturated carbocycles. The third kappa shape index (κ3) is 8.49. The van der Waals surface area contributed by atoms with Crippen LogP contribution in [0.2, 0.25) is 0 Å². The van der Waals surface area contributed by atoms with Crippen LogP contribution in [0, 0.1) is 5.82 Å². The first-order valence-electron chi connectivity index (χ1n) is 12.9. The number of nitrogens with one attached hydrogen (secondary N) is 1. The minimum atomic E-state index is -1.63. The number of hydrogen-bond donors (Lipinski definition) is 1. The van der Waals surface area contributed by atoms with Gasteiger partial charge in [0.25, 0.3) is 0 Å². The molecule has 1 N–H and O–H groups in total. The Labute approximate surface area is 241 Å². The summed E-state index contributed by atoms with van der Waals surface area (Å²) >= 11 is 0. The van der Waals surface area contributed by atoms with Crippen LogP contribution in [-0.2, 0) is 54.1 Å². The highest BCUT2D eigenvalue weighted by Gasteiger charge is 2.55. The van der Waals surface area contributed by atoms with E-state index >= 15 is 0 Å². The Bertz CT molecular complexity index is 1330. The molecule has 0 radical (unpaired) electrons. The largest absolute Gasteiger partial charge is 0.467 e. The van der Waals surface area contributed by atoms with Crippen LogP contribution in [0.5, 0.6) is 5.75 Å². The van der Waals surface area contributed by atoms with Crippen molar-refractivity contribution in [3.05, 3.63) is 53.8 Å². The molecule has 0 aromatic heterocycles. The van der Waals surface area contributed by atoms with Gasteiger partial charge in [0.1, 0.15) is 11.6 Å². The lowest BCUT2D eigenvalue weighted by atomic mass is 9.96. The van der Waals surface area contributed by atoms with Crippen LogP contribution in [0.3, 0.4) is 0 Å². The first-order valence-corrected chi connectivity index (χ1v) is 12.9. The number of hydrogen-bond acceptors (Lipinski definition) is 11. The monoisotopic (exact) mass is 589 g/mol. The van der Waals surface area contributed by atoms with Gasteiger partial charge in [0.15, 0.2) is 18.3 Å². The number of rotatable bonds is 10. The van der Waals surface area contributed by atoms with Crippen LogP contribution in [0.15, 0.2) is 42.5 Å². The van der Waals surface area contributed by atoms with Crippen molar-refractivity contribution in [2.45, 2.75) is 64.8 Å². The summed E-state index contributed by atoms with van der Waals surface area (Å²) in [5.41, 5.74) is 1.83. The molecule has 13 heteroatoms. The number of methoxy groups -OCH3 is 1. The van der Waals surface area contributed by atoms with E-state index in [1.807, 2.05) is 0 Å². The van der Waals surface area contributed by atoms with E-state index in [2.05, 4.69) is 5.32 Å². The summed E-state index contributed by atoms with van der Waals surface area (Å²) in [6, 6.07) is 10.7. The van der Waals surface area contributed by atoms with Crippen LogP contribution < -0.4 is 10.1 Å². The number of carbonyl (C=O) groups is 5. The zero-order chi connectivity index (χ0) is 31.0. The Morgan fingerprint density at radius 3 is 2.10 bits per heavy atom. The van der Waals surface area contributed by atoms with Gasteiger partial charge in [-0.25, -0.2) is 9.18 Å². The van der Waals surface area contributed by atoms with Crippen molar-refractivity contribution in [2.24, 2.45) is 0 Å². The third-order valence-corrected chi connectivity index (χ3v) is 6.07. The van der Waals surface area contributed by atoms with E-state index in [4.69, 9.17) is 28.4 Å². The molecule has 1 unspecified atom stereocenters. The predicted octanol–water partition coefficient (Wildman–Crippen LogP) is 2.24. The molecular weight excluding hydrogens is 557 g/mol. The standard InChI is InChI=1S/C29H32FNO11/c1-15(32)31-12-11-19-9-10-22(14-23(19)20-7-6-8-21(30)13-20)41-29-27(40-18(4)35)25(39-17(3)34)24(38-16(2)33)26(42-29)28(36)37-5/h6-10,13-14,24-27,29H,11-12H2,1-5H3,(H,31,32)/t24-,25-,26-,27+,29?/m0/s1. The second-order valence-electron chi connectivity index (χ2n) is 9.35. The molecule has 1 amide bonds. The van der Waals surface area contributed by atoms with Gasteiger partial charge in [-0.3, -0.25) is 19.2 Å². The van der Waals surface area contributed by atoms with Gasteiger partial charge in [-0.05, 0) is 47.4 Å². The van der Waals surface area contributed by atoms with E-state index in [1.165, 1.54) is 25.1 Å². The van der Waals surface area contributed by atoms with E-state index < -0.39 is 60.4 Å². The van der Waals surface area contributed by atoms with E-state index in [-0.39, 0.29) is 11.7 Å². The number of halogens is 1. The minimum Gasteiger partial charge on any atom is -0.467 e. The first-order chi connectivity index (χ1) is 19.9. The maximum absolute atomic E-state index is 14.1. The summed E-state index contributed by atoms with van der Waals surface area (Å²) in [6.07, 6.45) is -7.32. The molecular formula is C29H32FNO11. The van der Waals surface area contributed by atoms with Gasteiger partial charge in [-0.2, -0.15) is 0 Å². The second kappa shape index (κ2) is 14.4. The van der Waals surface area contributed by atoms with Gasteiger partial charge in [0, 0.05) is 34.2 Å². The summed E-state index contributed by atoms with van der Waals surface area (Å²) < 4.78 is 46.8. The second-order valence-corrected chi connectivity index (χ2v) is 9.35. The summed E-state index contributed by atoms with van der Waals surface area (Å²) in [5.74, 6) is -3.96. The fourth-order valence-electron chi connectivity index (χ4n) is 4.45. The normalized spacial score (nSPS) is 21.4. The highest BCUT2D eigenvalue weighted by atomic mass is 19.1. The Morgan fingerprint density at radius 2 is 1.50 bits per heavy atom. The fourth-order valence-corrected chi connectivity index (χ4v) is 4.45. The number of esters is 4. The molecule has 5 atom stereocenters. The molecule has 1 aliphatic heterocycles. The highest BCUT2D eigenvalue weighted by molar-refractivity contribution is 5.77. The maximum atomic E-state index is 14.1. The van der Waals surface area contributed by atoms with Gasteiger partial charge in [0.05, 0.1) is 7.11 Å². The summed E-state index contributed by atoms with van der Waals surface area (Å²) in [5, 5.41) is 2.71. The molecule has 12 nitrogen and oxygen atoms in total. The number of carbonyl (C=O) groups excluding carboxylic acids is 5. The zero-order valence-corrected chi connectivity index (χ0v) is 23.7. The van der Waals surface area contributed by atoms with Crippen molar-refractivity contribution in [3.8, 4) is 16.9 Å².